The number of carboxylic acids is 1. The van der Waals surface area contributed by atoms with Gasteiger partial charge >= 0.3 is 5.97 Å². The normalized spacial score (nSPS) is 22.3. The van der Waals surface area contributed by atoms with E-state index in [0.29, 0.717) is 24.5 Å². The van der Waals surface area contributed by atoms with Crippen molar-refractivity contribution in [3.05, 3.63) is 36.3 Å². The number of nitrogens with zero attached hydrogens (tertiary/aromatic N) is 3. The Morgan fingerprint density at radius 2 is 1.90 bits per heavy atom. The monoisotopic (exact) mass is 398 g/mol. The maximum absolute atomic E-state index is 14.5. The summed E-state index contributed by atoms with van der Waals surface area (Å²) in [5.41, 5.74) is 2.13. The molecule has 1 aromatic heterocycles. The van der Waals surface area contributed by atoms with Crippen LogP contribution < -0.4 is 10.2 Å². The predicted molar refractivity (Wildman–Crippen MR) is 110 cm³/mol. The van der Waals surface area contributed by atoms with Crippen molar-refractivity contribution in [1.82, 2.24) is 9.97 Å². The Bertz CT molecular complexity index is 862. The number of hydrogen-bond donors (Lipinski definition) is 2. The lowest BCUT2D eigenvalue weighted by molar-refractivity contribution is -0.142. The van der Waals surface area contributed by atoms with Crippen LogP contribution in [-0.4, -0.2) is 40.2 Å². The van der Waals surface area contributed by atoms with Gasteiger partial charge in [-0.05, 0) is 57.1 Å². The molecule has 1 saturated heterocycles. The van der Waals surface area contributed by atoms with Gasteiger partial charge in [0.1, 0.15) is 5.69 Å². The average Bonchev–Trinajstić information content (AvgIpc) is 2.76. The van der Waals surface area contributed by atoms with E-state index >= 15 is 0 Å². The van der Waals surface area contributed by atoms with Gasteiger partial charge in [0.05, 0.1) is 12.1 Å². The molecule has 1 aromatic carbocycles. The van der Waals surface area contributed by atoms with Gasteiger partial charge in [0.15, 0.2) is 5.82 Å². The van der Waals surface area contributed by atoms with Gasteiger partial charge < -0.3 is 15.3 Å². The Morgan fingerprint density at radius 1 is 1.14 bits per heavy atom. The molecule has 0 radical (unpaired) electrons. The van der Waals surface area contributed by atoms with Crippen molar-refractivity contribution in [2.24, 2.45) is 5.92 Å². The van der Waals surface area contributed by atoms with Gasteiger partial charge in [-0.25, -0.2) is 14.4 Å². The average molecular weight is 398 g/mol. The van der Waals surface area contributed by atoms with Crippen LogP contribution in [0.3, 0.4) is 0 Å². The summed E-state index contributed by atoms with van der Waals surface area (Å²) >= 11 is 0. The second kappa shape index (κ2) is 8.76. The van der Waals surface area contributed by atoms with E-state index in [2.05, 4.69) is 26.3 Å². The molecule has 0 amide bonds. The molecule has 0 spiro atoms. The summed E-state index contributed by atoms with van der Waals surface area (Å²) in [4.78, 5) is 22.0. The number of nitrogens with one attached hydrogen (secondary N) is 1. The first-order chi connectivity index (χ1) is 14.1. The molecule has 0 atom stereocenters. The van der Waals surface area contributed by atoms with E-state index in [-0.39, 0.29) is 12.0 Å². The summed E-state index contributed by atoms with van der Waals surface area (Å²) in [7, 11) is 0. The number of carboxylic acid groups (broad SMARTS) is 1. The third-order valence-electron chi connectivity index (χ3n) is 5.99. The van der Waals surface area contributed by atoms with Crippen LogP contribution in [-0.2, 0) is 4.79 Å². The topological polar surface area (TPSA) is 78.3 Å². The molecule has 0 unspecified atom stereocenters. The zero-order valence-corrected chi connectivity index (χ0v) is 16.5. The van der Waals surface area contributed by atoms with Crippen molar-refractivity contribution < 1.29 is 14.3 Å². The Morgan fingerprint density at radius 3 is 2.62 bits per heavy atom. The number of hydrogen-bond acceptors (Lipinski definition) is 5. The van der Waals surface area contributed by atoms with Gasteiger partial charge in [-0.3, -0.25) is 4.79 Å². The molecular weight excluding hydrogens is 371 g/mol. The molecule has 29 heavy (non-hydrogen) atoms. The fourth-order valence-electron chi connectivity index (χ4n) is 4.31. The Kier molecular flexibility index (Phi) is 5.92. The second-order valence-corrected chi connectivity index (χ2v) is 8.02. The van der Waals surface area contributed by atoms with E-state index in [1.165, 1.54) is 25.5 Å². The first kappa shape index (κ1) is 19.6. The van der Waals surface area contributed by atoms with Crippen LogP contribution in [0.4, 0.5) is 16.0 Å². The molecule has 4 rings (SSSR count). The highest BCUT2D eigenvalue weighted by Crippen LogP contribution is 2.29. The largest absolute Gasteiger partial charge is 0.481 e. The Balaban J connectivity index is 1.49. The molecule has 2 heterocycles. The van der Waals surface area contributed by atoms with Crippen LogP contribution in [0.15, 0.2) is 30.5 Å². The van der Waals surface area contributed by atoms with E-state index in [4.69, 9.17) is 5.11 Å². The summed E-state index contributed by atoms with van der Waals surface area (Å²) in [6.45, 7) is 2.06. The molecule has 154 valence electrons. The minimum Gasteiger partial charge on any atom is -0.481 e. The Hall–Kier alpha value is -2.70. The highest BCUT2D eigenvalue weighted by Gasteiger charge is 2.26. The number of aliphatic carboxylic acids is 1. The molecule has 0 bridgehead atoms. The third-order valence-corrected chi connectivity index (χ3v) is 5.99. The van der Waals surface area contributed by atoms with E-state index in [0.717, 1.165) is 37.2 Å². The molecule has 7 heteroatoms. The molecule has 2 fully saturated rings. The van der Waals surface area contributed by atoms with Crippen LogP contribution in [0.25, 0.3) is 11.3 Å². The van der Waals surface area contributed by atoms with Crippen molar-refractivity contribution >= 4 is 17.6 Å². The fourth-order valence-corrected chi connectivity index (χ4v) is 4.31. The zero-order valence-electron chi connectivity index (χ0n) is 16.5. The summed E-state index contributed by atoms with van der Waals surface area (Å²) in [6, 6.07) is 8.00. The minimum absolute atomic E-state index is 0.114. The first-order valence-corrected chi connectivity index (χ1v) is 10.5. The lowest BCUT2D eigenvalue weighted by Gasteiger charge is -2.29. The predicted octanol–water partition coefficient (Wildman–Crippen LogP) is 4.33. The van der Waals surface area contributed by atoms with E-state index in [1.54, 1.807) is 0 Å². The number of halogens is 1. The number of anilines is 2. The minimum atomic E-state index is -0.725. The van der Waals surface area contributed by atoms with E-state index < -0.39 is 11.8 Å². The van der Waals surface area contributed by atoms with E-state index in [9.17, 15) is 9.18 Å². The van der Waals surface area contributed by atoms with Gasteiger partial charge in [-0.15, -0.1) is 0 Å². The summed E-state index contributed by atoms with van der Waals surface area (Å²) in [6.07, 6.45) is 7.61. The van der Waals surface area contributed by atoms with Gasteiger partial charge in [-0.2, -0.15) is 0 Å². The van der Waals surface area contributed by atoms with Crippen LogP contribution in [0, 0.1) is 11.7 Å². The highest BCUT2D eigenvalue weighted by molar-refractivity contribution is 5.70. The van der Waals surface area contributed by atoms with Crippen LogP contribution in [0.1, 0.15) is 44.9 Å². The lowest BCUT2D eigenvalue weighted by Crippen LogP contribution is -2.30. The second-order valence-electron chi connectivity index (χ2n) is 8.02. The van der Waals surface area contributed by atoms with Crippen molar-refractivity contribution in [2.75, 3.05) is 23.3 Å². The molecule has 2 aliphatic rings. The molecular formula is C22H27FN4O2. The van der Waals surface area contributed by atoms with Crippen LogP contribution in [0.5, 0.6) is 0 Å². The standard InChI is InChI=1S/C22H27FN4O2/c23-19-14-24-22(25-17-9-7-15(8-10-17)21(28)29)26-20(19)16-5-4-6-18(13-16)27-11-2-1-3-12-27/h4-6,13-15,17H,1-3,7-12H2,(H,28,29)(H,24,25,26). The summed E-state index contributed by atoms with van der Waals surface area (Å²) in [5.74, 6) is -1.04. The lowest BCUT2D eigenvalue weighted by atomic mass is 9.86. The van der Waals surface area contributed by atoms with Gasteiger partial charge in [0, 0.05) is 30.4 Å². The van der Waals surface area contributed by atoms with Crippen LogP contribution >= 0.6 is 0 Å². The maximum atomic E-state index is 14.5. The van der Waals surface area contributed by atoms with Gasteiger partial charge in [0.2, 0.25) is 5.95 Å². The Labute approximate surface area is 170 Å². The first-order valence-electron chi connectivity index (χ1n) is 10.5. The molecule has 1 saturated carbocycles. The van der Waals surface area contributed by atoms with Crippen molar-refractivity contribution in [2.45, 2.75) is 51.0 Å². The van der Waals surface area contributed by atoms with Gasteiger partial charge in [0.25, 0.3) is 0 Å². The number of benzene rings is 1. The molecule has 2 N–H and O–H groups in total. The third kappa shape index (κ3) is 4.66. The molecule has 1 aliphatic carbocycles. The van der Waals surface area contributed by atoms with E-state index in [1.807, 2.05) is 18.2 Å². The summed E-state index contributed by atoms with van der Waals surface area (Å²) < 4.78 is 14.5. The van der Waals surface area contributed by atoms with Gasteiger partial charge in [-0.1, -0.05) is 12.1 Å². The number of aromatic nitrogens is 2. The summed E-state index contributed by atoms with van der Waals surface area (Å²) in [5, 5.41) is 12.4. The number of rotatable bonds is 5. The maximum Gasteiger partial charge on any atom is 0.306 e. The smallest absolute Gasteiger partial charge is 0.306 e. The quantitative estimate of drug-likeness (QED) is 0.781. The molecule has 1 aliphatic heterocycles. The van der Waals surface area contributed by atoms with Crippen LogP contribution in [0.2, 0.25) is 0 Å². The SMILES string of the molecule is O=C(O)C1CCC(Nc2ncc(F)c(-c3cccc(N4CCCCC4)c3)n2)CC1. The fraction of sp³-hybridized carbons (Fsp3) is 0.500. The molecule has 2 aromatic rings. The van der Waals surface area contributed by atoms with Crippen molar-refractivity contribution in [1.29, 1.82) is 0 Å². The number of carbonyl (C=O) groups is 1. The zero-order chi connectivity index (χ0) is 20.2. The highest BCUT2D eigenvalue weighted by atomic mass is 19.1. The molecule has 6 nitrogen and oxygen atoms in total. The number of piperidine rings is 1. The van der Waals surface area contributed by atoms with Crippen molar-refractivity contribution in [3.8, 4) is 11.3 Å². The van der Waals surface area contributed by atoms with Crippen molar-refractivity contribution in [3.63, 3.8) is 0 Å².